The molecule has 5 nitrogen and oxygen atoms in total. The Balaban J connectivity index is 2.52. The Hall–Kier alpha value is -1.57. The fourth-order valence-corrected chi connectivity index (χ4v) is 1.29. The summed E-state index contributed by atoms with van der Waals surface area (Å²) in [4.78, 5) is 10.8. The number of carboxylic acid groups (broad SMARTS) is 1. The molecule has 1 heterocycles. The van der Waals surface area contributed by atoms with Gasteiger partial charge in [-0.3, -0.25) is 4.68 Å². The van der Waals surface area contributed by atoms with E-state index < -0.39 is 18.6 Å². The highest BCUT2D eigenvalue weighted by atomic mass is 19.4. The molecule has 96 valence electrons. The summed E-state index contributed by atoms with van der Waals surface area (Å²) in [6, 6.07) is 0. The molecule has 0 fully saturated rings. The van der Waals surface area contributed by atoms with Gasteiger partial charge >= 0.3 is 12.1 Å². The molecule has 0 amide bonds. The van der Waals surface area contributed by atoms with E-state index in [1.165, 1.54) is 17.9 Å². The molecule has 0 unspecified atom stereocenters. The molecule has 17 heavy (non-hydrogen) atoms. The number of carboxylic acids is 1. The van der Waals surface area contributed by atoms with E-state index in [9.17, 15) is 18.0 Å². The molecule has 1 aromatic heterocycles. The summed E-state index contributed by atoms with van der Waals surface area (Å²) in [6.07, 6.45) is -3.99. The molecule has 0 saturated carbocycles. The number of nitrogens with zero attached hydrogens (tertiary/aromatic N) is 2. The van der Waals surface area contributed by atoms with Gasteiger partial charge in [0.25, 0.3) is 0 Å². The second-order valence-electron chi connectivity index (χ2n) is 3.48. The van der Waals surface area contributed by atoms with Crippen LogP contribution in [0.4, 0.5) is 13.2 Å². The third kappa shape index (κ3) is 4.06. The van der Waals surface area contributed by atoms with E-state index in [0.717, 1.165) is 0 Å². The average molecular weight is 251 g/mol. The highest BCUT2D eigenvalue weighted by Gasteiger charge is 2.26. The van der Waals surface area contributed by atoms with Crippen molar-refractivity contribution in [1.82, 2.24) is 15.1 Å². The summed E-state index contributed by atoms with van der Waals surface area (Å²) in [5, 5.41) is 15.1. The number of hydrogen-bond donors (Lipinski definition) is 2. The topological polar surface area (TPSA) is 67.2 Å². The van der Waals surface area contributed by atoms with Crippen LogP contribution in [-0.4, -0.2) is 33.6 Å². The Labute approximate surface area is 95.2 Å². The lowest BCUT2D eigenvalue weighted by atomic mass is 10.2. The van der Waals surface area contributed by atoms with Gasteiger partial charge < -0.3 is 10.4 Å². The van der Waals surface area contributed by atoms with Gasteiger partial charge in [-0.15, -0.1) is 0 Å². The molecule has 8 heteroatoms. The van der Waals surface area contributed by atoms with Crippen LogP contribution in [-0.2, 0) is 13.6 Å². The Morgan fingerprint density at radius 2 is 2.24 bits per heavy atom. The summed E-state index contributed by atoms with van der Waals surface area (Å²) in [6.45, 7) is -0.220. The number of aromatic nitrogens is 2. The van der Waals surface area contributed by atoms with Crippen molar-refractivity contribution < 1.29 is 23.1 Å². The van der Waals surface area contributed by atoms with Crippen LogP contribution in [0.1, 0.15) is 22.5 Å². The van der Waals surface area contributed by atoms with Crippen LogP contribution >= 0.6 is 0 Å². The van der Waals surface area contributed by atoms with Crippen molar-refractivity contribution >= 4 is 5.97 Å². The van der Waals surface area contributed by atoms with Crippen LogP contribution in [0.2, 0.25) is 0 Å². The zero-order valence-electron chi connectivity index (χ0n) is 9.08. The lowest BCUT2D eigenvalue weighted by Crippen LogP contribution is -2.23. The molecule has 1 rings (SSSR count). The maximum absolute atomic E-state index is 11.9. The fourth-order valence-electron chi connectivity index (χ4n) is 1.29. The lowest BCUT2D eigenvalue weighted by molar-refractivity contribution is -0.133. The van der Waals surface area contributed by atoms with Crippen molar-refractivity contribution in [3.8, 4) is 0 Å². The van der Waals surface area contributed by atoms with Gasteiger partial charge in [0.05, 0.1) is 18.3 Å². The summed E-state index contributed by atoms with van der Waals surface area (Å²) >= 11 is 0. The third-order valence-electron chi connectivity index (χ3n) is 2.17. The van der Waals surface area contributed by atoms with Crippen molar-refractivity contribution in [3.05, 3.63) is 17.5 Å². The van der Waals surface area contributed by atoms with Gasteiger partial charge in [-0.25, -0.2) is 4.79 Å². The molecular weight excluding hydrogens is 239 g/mol. The average Bonchev–Trinajstić information content (AvgIpc) is 2.53. The first kappa shape index (κ1) is 13.5. The smallest absolute Gasteiger partial charge is 0.390 e. The van der Waals surface area contributed by atoms with E-state index in [2.05, 4.69) is 10.4 Å². The second-order valence-corrected chi connectivity index (χ2v) is 3.48. The van der Waals surface area contributed by atoms with Gasteiger partial charge in [0, 0.05) is 20.1 Å². The molecule has 1 aromatic rings. The molecule has 2 N–H and O–H groups in total. The van der Waals surface area contributed by atoms with Crippen LogP contribution in [0.25, 0.3) is 0 Å². The minimum Gasteiger partial charge on any atom is -0.478 e. The minimum absolute atomic E-state index is 0.00740. The molecule has 0 aliphatic carbocycles. The first-order valence-corrected chi connectivity index (χ1v) is 4.83. The Kier molecular flexibility index (Phi) is 4.11. The predicted octanol–water partition coefficient (Wildman–Crippen LogP) is 1.16. The minimum atomic E-state index is -4.21. The number of carbonyl (C=O) groups is 1. The summed E-state index contributed by atoms with van der Waals surface area (Å²) in [7, 11) is 1.53. The van der Waals surface area contributed by atoms with Crippen molar-refractivity contribution in [1.29, 1.82) is 0 Å². The van der Waals surface area contributed by atoms with Gasteiger partial charge in [-0.2, -0.15) is 18.3 Å². The molecule has 0 atom stereocenters. The number of aryl methyl sites for hydroxylation is 1. The van der Waals surface area contributed by atoms with Crippen LogP contribution in [0, 0.1) is 0 Å². The number of halogens is 3. The molecular formula is C9H12F3N3O2. The highest BCUT2D eigenvalue weighted by molar-refractivity contribution is 5.88. The number of nitrogens with one attached hydrogen (secondary N) is 1. The number of hydrogen-bond acceptors (Lipinski definition) is 3. The Morgan fingerprint density at radius 1 is 1.59 bits per heavy atom. The number of rotatable bonds is 5. The zero-order chi connectivity index (χ0) is 13.1. The van der Waals surface area contributed by atoms with E-state index in [-0.39, 0.29) is 18.7 Å². The molecule has 0 aromatic carbocycles. The molecule has 0 aliphatic rings. The van der Waals surface area contributed by atoms with Crippen LogP contribution in [0.5, 0.6) is 0 Å². The highest BCUT2D eigenvalue weighted by Crippen LogP contribution is 2.18. The van der Waals surface area contributed by atoms with E-state index in [1.54, 1.807) is 0 Å². The summed E-state index contributed by atoms with van der Waals surface area (Å²) in [5.74, 6) is -1.15. The van der Waals surface area contributed by atoms with Crippen molar-refractivity contribution in [2.24, 2.45) is 7.05 Å². The van der Waals surface area contributed by atoms with E-state index >= 15 is 0 Å². The standard InChI is InChI=1S/C9H12F3N3O2/c1-15-7(6(4-14-15)8(16)17)5-13-3-2-9(10,11)12/h4,13H,2-3,5H2,1H3,(H,16,17). The molecule has 0 aliphatic heterocycles. The van der Waals surface area contributed by atoms with Crippen molar-refractivity contribution in [2.45, 2.75) is 19.1 Å². The third-order valence-corrected chi connectivity index (χ3v) is 2.17. The molecule has 0 saturated heterocycles. The van der Waals surface area contributed by atoms with E-state index in [4.69, 9.17) is 5.11 Å². The monoisotopic (exact) mass is 251 g/mol. The SMILES string of the molecule is Cn1ncc(C(=O)O)c1CNCCC(F)(F)F. The van der Waals surface area contributed by atoms with Gasteiger partial charge in [0.15, 0.2) is 0 Å². The Bertz CT molecular complexity index is 401. The number of aromatic carboxylic acids is 1. The van der Waals surface area contributed by atoms with Gasteiger partial charge in [-0.05, 0) is 0 Å². The summed E-state index contributed by atoms with van der Waals surface area (Å²) in [5.41, 5.74) is 0.340. The largest absolute Gasteiger partial charge is 0.478 e. The summed E-state index contributed by atoms with van der Waals surface area (Å²) < 4.78 is 36.9. The maximum Gasteiger partial charge on any atom is 0.390 e. The van der Waals surface area contributed by atoms with Gasteiger partial charge in [0.2, 0.25) is 0 Å². The zero-order valence-corrected chi connectivity index (χ0v) is 9.08. The van der Waals surface area contributed by atoms with Gasteiger partial charge in [0.1, 0.15) is 5.56 Å². The van der Waals surface area contributed by atoms with Crippen molar-refractivity contribution in [3.63, 3.8) is 0 Å². The second kappa shape index (κ2) is 5.17. The number of alkyl halides is 3. The maximum atomic E-state index is 11.9. The first-order chi connectivity index (χ1) is 7.81. The normalized spacial score (nSPS) is 11.8. The first-order valence-electron chi connectivity index (χ1n) is 4.83. The van der Waals surface area contributed by atoms with Crippen molar-refractivity contribution in [2.75, 3.05) is 6.54 Å². The lowest BCUT2D eigenvalue weighted by Gasteiger charge is -2.08. The van der Waals surface area contributed by atoms with Gasteiger partial charge in [-0.1, -0.05) is 0 Å². The molecule has 0 radical (unpaired) electrons. The molecule has 0 spiro atoms. The van der Waals surface area contributed by atoms with Crippen LogP contribution in [0.3, 0.4) is 0 Å². The fraction of sp³-hybridized carbons (Fsp3) is 0.556. The van der Waals surface area contributed by atoms with E-state index in [0.29, 0.717) is 5.69 Å². The molecule has 0 bridgehead atoms. The Morgan fingerprint density at radius 3 is 2.76 bits per heavy atom. The quantitative estimate of drug-likeness (QED) is 0.771. The van der Waals surface area contributed by atoms with Crippen LogP contribution < -0.4 is 5.32 Å². The predicted molar refractivity (Wildman–Crippen MR) is 52.5 cm³/mol. The van der Waals surface area contributed by atoms with E-state index in [1.807, 2.05) is 0 Å². The van der Waals surface area contributed by atoms with Crippen LogP contribution in [0.15, 0.2) is 6.20 Å².